The van der Waals surface area contributed by atoms with Crippen LogP contribution in [0.2, 0.25) is 0 Å². The molecule has 0 spiro atoms. The molecule has 0 unspecified atom stereocenters. The molecule has 0 radical (unpaired) electrons. The number of carbonyl (C=O) groups excluding carboxylic acids is 1. The Bertz CT molecular complexity index is 1180. The number of hydrogen-bond donors (Lipinski definition) is 1. The first kappa shape index (κ1) is 24.7. The minimum atomic E-state index is -0.348. The second-order valence-corrected chi connectivity index (χ2v) is 8.33. The molecule has 12 nitrogen and oxygen atoms in total. The van der Waals surface area contributed by atoms with Crippen molar-refractivity contribution in [1.29, 1.82) is 0 Å². The van der Waals surface area contributed by atoms with E-state index in [4.69, 9.17) is 23.6 Å². The molecule has 1 aromatic carbocycles. The fraction of sp³-hybridized carbons (Fsp3) is 0.400. The van der Waals surface area contributed by atoms with Crippen LogP contribution in [0.3, 0.4) is 0 Å². The number of ether oxygens (including phenoxy) is 3. The summed E-state index contributed by atoms with van der Waals surface area (Å²) in [5.74, 6) is 2.37. The molecular weight excluding hydrogens is 478 g/mol. The lowest BCUT2D eigenvalue weighted by molar-refractivity contribution is 0.0526. The van der Waals surface area contributed by atoms with Crippen molar-refractivity contribution in [1.82, 2.24) is 15.0 Å². The van der Waals surface area contributed by atoms with Crippen LogP contribution in [0.4, 0.5) is 17.8 Å². The second-order valence-electron chi connectivity index (χ2n) is 8.33. The van der Waals surface area contributed by atoms with Crippen LogP contribution in [0.25, 0.3) is 11.3 Å². The zero-order chi connectivity index (χ0) is 25.5. The molecule has 0 bridgehead atoms. The summed E-state index contributed by atoms with van der Waals surface area (Å²) >= 11 is 0. The first-order chi connectivity index (χ1) is 18.2. The van der Waals surface area contributed by atoms with Gasteiger partial charge in [0, 0.05) is 31.7 Å². The minimum Gasteiger partial charge on any atom is -0.462 e. The number of rotatable bonds is 8. The molecule has 2 aromatic heterocycles. The van der Waals surface area contributed by atoms with Crippen LogP contribution in [0.1, 0.15) is 23.0 Å². The largest absolute Gasteiger partial charge is 0.462 e. The van der Waals surface area contributed by atoms with E-state index in [-0.39, 0.29) is 5.97 Å². The molecule has 5 rings (SSSR count). The lowest BCUT2D eigenvalue weighted by Crippen LogP contribution is -2.40. The molecule has 2 saturated heterocycles. The normalized spacial score (nSPS) is 16.2. The summed E-state index contributed by atoms with van der Waals surface area (Å²) in [6.07, 6.45) is 1.56. The van der Waals surface area contributed by atoms with Crippen molar-refractivity contribution < 1.29 is 23.4 Å². The van der Waals surface area contributed by atoms with Gasteiger partial charge in [0.25, 0.3) is 0 Å². The van der Waals surface area contributed by atoms with Crippen molar-refractivity contribution in [2.75, 3.05) is 74.4 Å². The number of morpholine rings is 2. The van der Waals surface area contributed by atoms with Gasteiger partial charge in [-0.15, -0.1) is 0 Å². The van der Waals surface area contributed by atoms with Crippen LogP contribution >= 0.6 is 0 Å². The van der Waals surface area contributed by atoms with Crippen LogP contribution in [0.5, 0.6) is 0 Å². The number of hydrogen-bond acceptors (Lipinski definition) is 12. The Morgan fingerprint density at radius 3 is 2.16 bits per heavy atom. The molecule has 1 N–H and O–H groups in total. The monoisotopic (exact) mass is 507 g/mol. The summed E-state index contributed by atoms with van der Waals surface area (Å²) < 4.78 is 21.8. The van der Waals surface area contributed by atoms with Crippen molar-refractivity contribution in [3.63, 3.8) is 0 Å². The summed E-state index contributed by atoms with van der Waals surface area (Å²) in [7, 11) is 0. The number of aromatic nitrogens is 3. The zero-order valence-corrected chi connectivity index (χ0v) is 20.6. The highest BCUT2D eigenvalue weighted by molar-refractivity contribution is 5.90. The predicted molar refractivity (Wildman–Crippen MR) is 137 cm³/mol. The zero-order valence-electron chi connectivity index (χ0n) is 20.6. The van der Waals surface area contributed by atoms with Gasteiger partial charge in [-0.1, -0.05) is 12.1 Å². The van der Waals surface area contributed by atoms with Gasteiger partial charge in [-0.25, -0.2) is 10.2 Å². The van der Waals surface area contributed by atoms with E-state index in [0.29, 0.717) is 94.1 Å². The molecule has 0 saturated carbocycles. The maximum atomic E-state index is 11.9. The molecule has 0 atom stereocenters. The first-order valence-electron chi connectivity index (χ1n) is 12.3. The Morgan fingerprint density at radius 1 is 0.946 bits per heavy atom. The molecular formula is C25H29N7O5. The number of nitrogens with one attached hydrogen (secondary N) is 1. The number of anilines is 3. The maximum Gasteiger partial charge on any atom is 0.338 e. The topological polar surface area (TPSA) is 127 Å². The molecule has 2 fully saturated rings. The van der Waals surface area contributed by atoms with Crippen LogP contribution < -0.4 is 15.2 Å². The minimum absolute atomic E-state index is 0.336. The van der Waals surface area contributed by atoms with Crippen molar-refractivity contribution in [3.05, 3.63) is 47.7 Å². The summed E-state index contributed by atoms with van der Waals surface area (Å²) in [5, 5.41) is 4.28. The van der Waals surface area contributed by atoms with Gasteiger partial charge in [0.2, 0.25) is 17.8 Å². The number of carbonyl (C=O) groups is 1. The fourth-order valence-electron chi connectivity index (χ4n) is 3.93. The number of benzene rings is 1. The van der Waals surface area contributed by atoms with Crippen molar-refractivity contribution >= 4 is 30.0 Å². The highest BCUT2D eigenvalue weighted by Gasteiger charge is 2.20. The van der Waals surface area contributed by atoms with Crippen LogP contribution in [-0.2, 0) is 14.2 Å². The third-order valence-electron chi connectivity index (χ3n) is 5.86. The Labute approximate surface area is 214 Å². The molecule has 4 heterocycles. The Balaban J connectivity index is 1.28. The highest BCUT2D eigenvalue weighted by atomic mass is 16.5. The smallest absolute Gasteiger partial charge is 0.338 e. The van der Waals surface area contributed by atoms with Gasteiger partial charge in [-0.2, -0.15) is 20.1 Å². The van der Waals surface area contributed by atoms with Gasteiger partial charge in [-0.3, -0.25) is 0 Å². The molecule has 12 heteroatoms. The third kappa shape index (κ3) is 6.22. The summed E-state index contributed by atoms with van der Waals surface area (Å²) in [5.41, 5.74) is 4.24. The summed E-state index contributed by atoms with van der Waals surface area (Å²) in [6.45, 7) is 7.49. The Hall–Kier alpha value is -4.03. The third-order valence-corrected chi connectivity index (χ3v) is 5.86. The SMILES string of the molecule is CCOC(=O)c1ccc(-c2ccc(/C=N/Nc3nc(N4CCOCC4)nc(N4CCOCC4)n3)o2)cc1. The number of nitrogens with zero attached hydrogens (tertiary/aromatic N) is 6. The van der Waals surface area contributed by atoms with Gasteiger partial charge in [0.15, 0.2) is 0 Å². The van der Waals surface area contributed by atoms with Crippen molar-refractivity contribution in [2.45, 2.75) is 6.92 Å². The molecule has 0 aliphatic carbocycles. The van der Waals surface area contributed by atoms with Gasteiger partial charge < -0.3 is 28.4 Å². The van der Waals surface area contributed by atoms with Gasteiger partial charge in [0.1, 0.15) is 11.5 Å². The van der Waals surface area contributed by atoms with E-state index in [1.807, 2.05) is 24.3 Å². The number of furan rings is 1. The van der Waals surface area contributed by atoms with Gasteiger partial charge in [-0.05, 0) is 31.2 Å². The van der Waals surface area contributed by atoms with Gasteiger partial charge in [0.05, 0.1) is 44.8 Å². The quantitative estimate of drug-likeness (QED) is 0.274. The van der Waals surface area contributed by atoms with E-state index in [2.05, 4.69) is 30.3 Å². The lowest BCUT2D eigenvalue weighted by atomic mass is 10.1. The van der Waals surface area contributed by atoms with Crippen LogP contribution in [0, 0.1) is 0 Å². The predicted octanol–water partition coefficient (Wildman–Crippen LogP) is 2.43. The van der Waals surface area contributed by atoms with E-state index in [1.165, 1.54) is 0 Å². The Kier molecular flexibility index (Phi) is 7.87. The van der Waals surface area contributed by atoms with E-state index >= 15 is 0 Å². The van der Waals surface area contributed by atoms with E-state index < -0.39 is 0 Å². The summed E-state index contributed by atoms with van der Waals surface area (Å²) in [4.78, 5) is 29.8. The lowest BCUT2D eigenvalue weighted by Gasteiger charge is -2.30. The molecule has 194 valence electrons. The van der Waals surface area contributed by atoms with Crippen LogP contribution in [0.15, 0.2) is 45.9 Å². The van der Waals surface area contributed by atoms with E-state index in [1.54, 1.807) is 25.3 Å². The maximum absolute atomic E-state index is 11.9. The van der Waals surface area contributed by atoms with Crippen molar-refractivity contribution in [3.8, 4) is 11.3 Å². The van der Waals surface area contributed by atoms with Gasteiger partial charge >= 0.3 is 5.97 Å². The fourth-order valence-corrected chi connectivity index (χ4v) is 3.93. The van der Waals surface area contributed by atoms with Crippen LogP contribution in [-0.4, -0.2) is 86.3 Å². The average Bonchev–Trinajstić information content (AvgIpc) is 3.43. The first-order valence-corrected chi connectivity index (χ1v) is 12.3. The highest BCUT2D eigenvalue weighted by Crippen LogP contribution is 2.23. The molecule has 3 aromatic rings. The standard InChI is InChI=1S/C25H29N7O5/c1-2-36-22(33)19-5-3-18(4-6-19)21-8-7-20(37-21)17-26-30-23-27-24(31-9-13-34-14-10-31)29-25(28-23)32-11-15-35-16-12-32/h3-8,17H,2,9-16H2,1H3,(H,27,28,29,30)/b26-17+. The molecule has 37 heavy (non-hydrogen) atoms. The number of esters is 1. The Morgan fingerprint density at radius 2 is 1.57 bits per heavy atom. The molecule has 2 aliphatic rings. The van der Waals surface area contributed by atoms with E-state index in [0.717, 1.165) is 5.56 Å². The number of hydrazone groups is 1. The molecule has 0 amide bonds. The molecule has 2 aliphatic heterocycles. The average molecular weight is 508 g/mol. The van der Waals surface area contributed by atoms with E-state index in [9.17, 15) is 4.79 Å². The summed E-state index contributed by atoms with van der Waals surface area (Å²) in [6, 6.07) is 10.7. The second kappa shape index (κ2) is 11.8. The van der Waals surface area contributed by atoms with Crippen molar-refractivity contribution in [2.24, 2.45) is 5.10 Å².